The topological polar surface area (TPSA) is 103 Å². The van der Waals surface area contributed by atoms with Crippen LogP contribution in [0.15, 0.2) is 75.7 Å². The van der Waals surface area contributed by atoms with Crippen molar-refractivity contribution in [3.8, 4) is 5.69 Å². The average molecular weight is 570 g/mol. The molecule has 0 bridgehead atoms. The van der Waals surface area contributed by atoms with E-state index in [-0.39, 0.29) is 11.1 Å². The van der Waals surface area contributed by atoms with E-state index in [1.54, 1.807) is 35.8 Å². The number of nitrogens with zero attached hydrogens (tertiary/aromatic N) is 3. The standard InChI is InChI=1S/C32H31N3O5S/c1-17(2)21-7-9-22(10-8-21)28-27(31(39)40-6)19(4)33-32-35(28)29(36)26(41-32)16-24-15-18(3)34(20(24)5)25-13-11-23(12-14-25)30(37)38/h7-17,28H,1-6H3,(H,37,38)/b26-16+/t28-/m1/s1. The summed E-state index contributed by atoms with van der Waals surface area (Å²) in [5.41, 5.74) is 6.33. The number of rotatable bonds is 6. The van der Waals surface area contributed by atoms with Gasteiger partial charge in [0.05, 0.1) is 34.5 Å². The highest BCUT2D eigenvalue weighted by molar-refractivity contribution is 7.07. The summed E-state index contributed by atoms with van der Waals surface area (Å²) < 4.78 is 9.22. The highest BCUT2D eigenvalue weighted by Gasteiger charge is 2.33. The van der Waals surface area contributed by atoms with Gasteiger partial charge in [-0.05, 0) is 79.8 Å². The zero-order valence-corrected chi connectivity index (χ0v) is 24.6. The van der Waals surface area contributed by atoms with Crippen LogP contribution in [0.25, 0.3) is 11.8 Å². The van der Waals surface area contributed by atoms with Gasteiger partial charge in [0.1, 0.15) is 0 Å². The molecule has 2 aromatic heterocycles. The molecule has 1 atom stereocenters. The molecule has 8 nitrogen and oxygen atoms in total. The van der Waals surface area contributed by atoms with Crippen LogP contribution in [-0.4, -0.2) is 33.3 Å². The van der Waals surface area contributed by atoms with Crippen molar-refractivity contribution in [2.45, 2.75) is 46.6 Å². The number of thiazole rings is 1. The quantitative estimate of drug-likeness (QED) is 0.341. The number of carbonyl (C=O) groups excluding carboxylic acids is 1. The zero-order valence-electron chi connectivity index (χ0n) is 23.8. The second-order valence-electron chi connectivity index (χ2n) is 10.4. The van der Waals surface area contributed by atoms with Gasteiger partial charge >= 0.3 is 11.9 Å². The smallest absolute Gasteiger partial charge is 0.338 e. The maximum Gasteiger partial charge on any atom is 0.338 e. The molecule has 0 radical (unpaired) electrons. The number of ether oxygens (including phenoxy) is 1. The number of fused-ring (bicyclic) bond motifs is 1. The molecule has 1 N–H and O–H groups in total. The third-order valence-electron chi connectivity index (χ3n) is 7.48. The van der Waals surface area contributed by atoms with Crippen LogP contribution < -0.4 is 14.9 Å². The van der Waals surface area contributed by atoms with Gasteiger partial charge in [-0.15, -0.1) is 0 Å². The van der Waals surface area contributed by atoms with E-state index in [0.29, 0.717) is 26.5 Å². The predicted octanol–water partition coefficient (Wildman–Crippen LogP) is 4.64. The lowest BCUT2D eigenvalue weighted by atomic mass is 9.93. The zero-order chi connectivity index (χ0) is 29.6. The van der Waals surface area contributed by atoms with Gasteiger partial charge in [0.15, 0.2) is 4.80 Å². The minimum absolute atomic E-state index is 0.215. The van der Waals surface area contributed by atoms with E-state index in [1.807, 2.05) is 54.8 Å². The molecular weight excluding hydrogens is 538 g/mol. The number of benzene rings is 2. The Morgan fingerprint density at radius 3 is 2.29 bits per heavy atom. The molecule has 4 aromatic rings. The van der Waals surface area contributed by atoms with E-state index in [2.05, 4.69) is 18.8 Å². The first kappa shape index (κ1) is 28.0. The molecule has 9 heteroatoms. The minimum atomic E-state index is -0.978. The predicted molar refractivity (Wildman–Crippen MR) is 159 cm³/mol. The molecule has 1 aliphatic rings. The second kappa shape index (κ2) is 10.8. The minimum Gasteiger partial charge on any atom is -0.478 e. The van der Waals surface area contributed by atoms with Gasteiger partial charge in [0.2, 0.25) is 0 Å². The Morgan fingerprint density at radius 1 is 1.05 bits per heavy atom. The van der Waals surface area contributed by atoms with Crippen LogP contribution >= 0.6 is 11.3 Å². The van der Waals surface area contributed by atoms with Crippen LogP contribution in [0.3, 0.4) is 0 Å². The number of methoxy groups -OCH3 is 1. The van der Waals surface area contributed by atoms with Gasteiger partial charge in [-0.3, -0.25) is 9.36 Å². The highest BCUT2D eigenvalue weighted by Crippen LogP contribution is 2.31. The largest absolute Gasteiger partial charge is 0.478 e. The van der Waals surface area contributed by atoms with Crippen molar-refractivity contribution in [3.63, 3.8) is 0 Å². The van der Waals surface area contributed by atoms with Crippen molar-refractivity contribution in [1.29, 1.82) is 0 Å². The van der Waals surface area contributed by atoms with Crippen LogP contribution in [0.4, 0.5) is 0 Å². The maximum atomic E-state index is 14.0. The molecule has 3 heterocycles. The summed E-state index contributed by atoms with van der Waals surface area (Å²) in [6.45, 7) is 9.92. The van der Waals surface area contributed by atoms with Crippen LogP contribution in [0.5, 0.6) is 0 Å². The molecule has 0 unspecified atom stereocenters. The number of aryl methyl sites for hydroxylation is 1. The van der Waals surface area contributed by atoms with Crippen molar-refractivity contribution in [1.82, 2.24) is 9.13 Å². The fourth-order valence-corrected chi connectivity index (χ4v) is 6.33. The molecule has 0 saturated heterocycles. The molecule has 0 aliphatic carbocycles. The molecule has 0 spiro atoms. The number of aromatic carboxylic acids is 1. The molecule has 0 fully saturated rings. The second-order valence-corrected chi connectivity index (χ2v) is 11.4. The summed E-state index contributed by atoms with van der Waals surface area (Å²) in [6.07, 6.45) is 1.85. The Kier molecular flexibility index (Phi) is 7.40. The third kappa shape index (κ3) is 4.97. The number of esters is 1. The number of allylic oxidation sites excluding steroid dienone is 1. The monoisotopic (exact) mass is 569 g/mol. The van der Waals surface area contributed by atoms with Gasteiger partial charge in [0.25, 0.3) is 5.56 Å². The van der Waals surface area contributed by atoms with Crippen LogP contribution in [-0.2, 0) is 9.53 Å². The molecule has 0 amide bonds. The number of hydrogen-bond acceptors (Lipinski definition) is 6. The number of carboxylic acids is 1. The van der Waals surface area contributed by atoms with Gasteiger partial charge in [-0.25, -0.2) is 14.6 Å². The number of aromatic nitrogens is 2. The molecular formula is C32H31N3O5S. The Labute approximate surface area is 241 Å². The maximum absolute atomic E-state index is 14.0. The summed E-state index contributed by atoms with van der Waals surface area (Å²) in [6, 6.07) is 16.0. The van der Waals surface area contributed by atoms with E-state index in [0.717, 1.165) is 33.8 Å². The normalized spacial score (nSPS) is 15.2. The molecule has 41 heavy (non-hydrogen) atoms. The van der Waals surface area contributed by atoms with Crippen molar-refractivity contribution in [2.24, 2.45) is 4.99 Å². The van der Waals surface area contributed by atoms with E-state index in [1.165, 1.54) is 18.4 Å². The van der Waals surface area contributed by atoms with Gasteiger partial charge in [-0.1, -0.05) is 49.4 Å². The Balaban J connectivity index is 1.65. The lowest BCUT2D eigenvalue weighted by Crippen LogP contribution is -2.39. The summed E-state index contributed by atoms with van der Waals surface area (Å²) in [5.74, 6) is -1.15. The van der Waals surface area contributed by atoms with Gasteiger partial charge < -0.3 is 14.4 Å². The summed E-state index contributed by atoms with van der Waals surface area (Å²) >= 11 is 1.28. The number of carbonyl (C=O) groups is 2. The van der Waals surface area contributed by atoms with Crippen LogP contribution in [0.1, 0.15) is 71.2 Å². The Bertz CT molecular complexity index is 1890. The van der Waals surface area contributed by atoms with Crippen molar-refractivity contribution >= 4 is 29.4 Å². The third-order valence-corrected chi connectivity index (χ3v) is 8.46. The Morgan fingerprint density at radius 2 is 1.71 bits per heavy atom. The van der Waals surface area contributed by atoms with E-state index in [4.69, 9.17) is 4.74 Å². The summed E-state index contributed by atoms with van der Waals surface area (Å²) in [4.78, 5) is 43.3. The SMILES string of the molecule is COC(=O)C1=C(C)N=c2s/c(=C/c3cc(C)n(-c4ccc(C(=O)O)cc4)c3C)c(=O)n2[C@@H]1c1ccc(C(C)C)cc1. The molecule has 5 rings (SSSR count). The van der Waals surface area contributed by atoms with E-state index < -0.39 is 18.0 Å². The lowest BCUT2D eigenvalue weighted by Gasteiger charge is -2.24. The highest BCUT2D eigenvalue weighted by atomic mass is 32.1. The van der Waals surface area contributed by atoms with E-state index in [9.17, 15) is 19.5 Å². The van der Waals surface area contributed by atoms with Gasteiger partial charge in [-0.2, -0.15) is 0 Å². The first-order valence-corrected chi connectivity index (χ1v) is 14.1. The Hall–Kier alpha value is -4.50. The van der Waals surface area contributed by atoms with Crippen LogP contribution in [0, 0.1) is 13.8 Å². The van der Waals surface area contributed by atoms with Crippen molar-refractivity contribution in [3.05, 3.63) is 119 Å². The number of hydrogen-bond donors (Lipinski definition) is 1. The summed E-state index contributed by atoms with van der Waals surface area (Å²) in [5, 5.41) is 9.24. The first-order chi connectivity index (χ1) is 19.5. The molecule has 210 valence electrons. The van der Waals surface area contributed by atoms with Crippen LogP contribution in [0.2, 0.25) is 0 Å². The van der Waals surface area contributed by atoms with Crippen molar-refractivity contribution in [2.75, 3.05) is 7.11 Å². The molecule has 2 aromatic carbocycles. The molecule has 1 aliphatic heterocycles. The fourth-order valence-electron chi connectivity index (χ4n) is 5.30. The van der Waals surface area contributed by atoms with E-state index >= 15 is 0 Å². The van der Waals surface area contributed by atoms with Gasteiger partial charge in [0, 0.05) is 17.1 Å². The first-order valence-electron chi connectivity index (χ1n) is 13.2. The molecule has 0 saturated carbocycles. The fraction of sp³-hybridized carbons (Fsp3) is 0.250. The number of carboxylic acid groups (broad SMARTS) is 1. The lowest BCUT2D eigenvalue weighted by molar-refractivity contribution is -0.136. The van der Waals surface area contributed by atoms with Crippen molar-refractivity contribution < 1.29 is 19.4 Å². The average Bonchev–Trinajstić information content (AvgIpc) is 3.41. The summed E-state index contributed by atoms with van der Waals surface area (Å²) in [7, 11) is 1.33.